The van der Waals surface area contributed by atoms with E-state index in [9.17, 15) is 0 Å². The topological polar surface area (TPSA) is 28.2 Å². The van der Waals surface area contributed by atoms with Gasteiger partial charge in [0.2, 0.25) is 0 Å². The smallest absolute Gasteiger partial charge is 0.186 e. The normalized spacial score (nSPS) is 19.2. The molecule has 1 aliphatic heterocycles. The summed E-state index contributed by atoms with van der Waals surface area (Å²) >= 11 is 1.84. The average molecular weight is 479 g/mol. The highest BCUT2D eigenvalue weighted by Crippen LogP contribution is 2.50. The van der Waals surface area contributed by atoms with E-state index in [4.69, 9.17) is 4.98 Å². The summed E-state index contributed by atoms with van der Waals surface area (Å²) in [6, 6.07) is 20.2. The summed E-state index contributed by atoms with van der Waals surface area (Å²) in [5.41, 5.74) is 3.08. The van der Waals surface area contributed by atoms with Gasteiger partial charge >= 0.3 is 0 Å². The lowest BCUT2D eigenvalue weighted by Gasteiger charge is -2.52. The molecule has 2 aliphatic rings. The van der Waals surface area contributed by atoms with Gasteiger partial charge in [-0.25, -0.2) is 4.98 Å². The van der Waals surface area contributed by atoms with Gasteiger partial charge < -0.3 is 10.2 Å². The minimum atomic E-state index is 0. The molecule has 2 heterocycles. The first kappa shape index (κ1) is 24.3. The van der Waals surface area contributed by atoms with E-state index >= 15 is 0 Å². The Balaban J connectivity index is 0.00000136. The van der Waals surface area contributed by atoms with Crippen molar-refractivity contribution in [2.75, 3.05) is 25.0 Å². The van der Waals surface area contributed by atoms with E-state index in [1.165, 1.54) is 53.9 Å². The molecule has 1 aromatic heterocycles. The van der Waals surface area contributed by atoms with Crippen LogP contribution in [0.25, 0.3) is 10.2 Å². The molecule has 1 saturated carbocycles. The summed E-state index contributed by atoms with van der Waals surface area (Å²) in [6.45, 7) is 2.26. The van der Waals surface area contributed by atoms with Gasteiger partial charge in [-0.15, -0.1) is 24.8 Å². The van der Waals surface area contributed by atoms with Crippen LogP contribution in [0.1, 0.15) is 37.7 Å². The van der Waals surface area contributed by atoms with E-state index in [-0.39, 0.29) is 24.8 Å². The van der Waals surface area contributed by atoms with Gasteiger partial charge in [-0.3, -0.25) is 0 Å². The second-order valence-corrected chi connectivity index (χ2v) is 9.94. The third-order valence-electron chi connectivity index (χ3n) is 7.28. The molecule has 0 radical (unpaired) electrons. The number of anilines is 1. The SMILES string of the molecule is CNC(C1CCN(c2nc3ccccc3s2)CC1)C1(Cc2ccccc2)CCC1.Cl.Cl. The van der Waals surface area contributed by atoms with Gasteiger partial charge in [0.15, 0.2) is 5.13 Å². The molecule has 0 bridgehead atoms. The summed E-state index contributed by atoms with van der Waals surface area (Å²) in [4.78, 5) is 7.40. The van der Waals surface area contributed by atoms with Crippen molar-refractivity contribution in [3.05, 3.63) is 60.2 Å². The van der Waals surface area contributed by atoms with Crippen LogP contribution in [0, 0.1) is 11.3 Å². The number of piperidine rings is 1. The quantitative estimate of drug-likeness (QED) is 0.447. The third kappa shape index (κ3) is 4.88. The maximum absolute atomic E-state index is 4.89. The molecule has 168 valence electrons. The molecule has 3 aromatic rings. The van der Waals surface area contributed by atoms with E-state index in [2.05, 4.69) is 71.9 Å². The number of fused-ring (bicyclic) bond motifs is 1. The van der Waals surface area contributed by atoms with Gasteiger partial charge in [0.05, 0.1) is 10.2 Å². The second kappa shape index (κ2) is 10.5. The lowest BCUT2D eigenvalue weighted by Crippen LogP contribution is -2.55. The van der Waals surface area contributed by atoms with Crippen molar-refractivity contribution in [2.45, 2.75) is 44.6 Å². The number of aromatic nitrogens is 1. The third-order valence-corrected chi connectivity index (χ3v) is 8.38. The molecule has 3 nitrogen and oxygen atoms in total. The predicted molar refractivity (Wildman–Crippen MR) is 138 cm³/mol. The maximum Gasteiger partial charge on any atom is 0.186 e. The highest BCUT2D eigenvalue weighted by Gasteiger charge is 2.46. The summed E-state index contributed by atoms with van der Waals surface area (Å²) in [6.07, 6.45) is 7.86. The van der Waals surface area contributed by atoms with Crippen LogP contribution in [0.2, 0.25) is 0 Å². The van der Waals surface area contributed by atoms with E-state index in [1.54, 1.807) is 0 Å². The highest BCUT2D eigenvalue weighted by atomic mass is 35.5. The Bertz CT molecular complexity index is 917. The van der Waals surface area contributed by atoms with Gasteiger partial charge in [-0.2, -0.15) is 0 Å². The van der Waals surface area contributed by atoms with Crippen LogP contribution in [0.3, 0.4) is 0 Å². The van der Waals surface area contributed by atoms with Gasteiger partial charge in [0.25, 0.3) is 0 Å². The molecule has 0 amide bonds. The summed E-state index contributed by atoms with van der Waals surface area (Å²) in [5.74, 6) is 0.759. The Morgan fingerprint density at radius 2 is 1.71 bits per heavy atom. The fourth-order valence-electron chi connectivity index (χ4n) is 5.69. The number of benzene rings is 2. The monoisotopic (exact) mass is 477 g/mol. The first-order valence-corrected chi connectivity index (χ1v) is 11.9. The molecule has 0 spiro atoms. The summed E-state index contributed by atoms with van der Waals surface area (Å²) in [5, 5.41) is 4.98. The molecule has 2 aromatic carbocycles. The zero-order valence-electron chi connectivity index (χ0n) is 18.1. The highest BCUT2D eigenvalue weighted by molar-refractivity contribution is 7.22. The van der Waals surface area contributed by atoms with Crippen LogP contribution in [-0.4, -0.2) is 31.2 Å². The number of para-hydroxylation sites is 1. The number of nitrogens with one attached hydrogen (secondary N) is 1. The van der Waals surface area contributed by atoms with Crippen molar-refractivity contribution in [1.82, 2.24) is 10.3 Å². The fraction of sp³-hybridized carbons (Fsp3) is 0.480. The number of nitrogens with zero attached hydrogens (tertiary/aromatic N) is 2. The lowest BCUT2D eigenvalue weighted by atomic mass is 9.57. The van der Waals surface area contributed by atoms with E-state index in [1.807, 2.05) is 11.3 Å². The number of hydrogen-bond donors (Lipinski definition) is 1. The van der Waals surface area contributed by atoms with Crippen molar-refractivity contribution >= 4 is 51.5 Å². The van der Waals surface area contributed by atoms with Crippen molar-refractivity contribution in [2.24, 2.45) is 11.3 Å². The summed E-state index contributed by atoms with van der Waals surface area (Å²) in [7, 11) is 2.19. The molecule has 6 heteroatoms. The zero-order chi connectivity index (χ0) is 19.7. The van der Waals surface area contributed by atoms with Gasteiger partial charge in [-0.05, 0) is 68.2 Å². The standard InChI is InChI=1S/C25H31N3S.2ClH/c1-26-23(25(14-7-15-25)18-19-8-3-2-4-9-19)20-12-16-28(17-13-20)24-27-21-10-5-6-11-22(21)29-24;;/h2-6,8-11,20,23,26H,7,12-18H2,1H3;2*1H. The molecular formula is C25H33Cl2N3S. The Hall–Kier alpha value is -1.33. The molecule has 1 N–H and O–H groups in total. The molecule has 31 heavy (non-hydrogen) atoms. The Morgan fingerprint density at radius 3 is 2.32 bits per heavy atom. The molecule has 1 saturated heterocycles. The molecule has 1 aliphatic carbocycles. The van der Waals surface area contributed by atoms with Crippen LogP contribution >= 0.6 is 36.2 Å². The van der Waals surface area contributed by atoms with Crippen molar-refractivity contribution in [3.8, 4) is 0 Å². The van der Waals surface area contributed by atoms with E-state index < -0.39 is 0 Å². The van der Waals surface area contributed by atoms with Crippen LogP contribution in [0.4, 0.5) is 5.13 Å². The van der Waals surface area contributed by atoms with Crippen LogP contribution < -0.4 is 10.2 Å². The largest absolute Gasteiger partial charge is 0.348 e. The zero-order valence-corrected chi connectivity index (χ0v) is 20.6. The predicted octanol–water partition coefficient (Wildman–Crippen LogP) is 6.36. The van der Waals surface area contributed by atoms with Crippen LogP contribution in [0.15, 0.2) is 54.6 Å². The first-order chi connectivity index (χ1) is 14.3. The first-order valence-electron chi connectivity index (χ1n) is 11.1. The molecule has 1 atom stereocenters. The van der Waals surface area contributed by atoms with Gasteiger partial charge in [0, 0.05) is 19.1 Å². The van der Waals surface area contributed by atoms with Crippen molar-refractivity contribution < 1.29 is 0 Å². The number of rotatable bonds is 6. The van der Waals surface area contributed by atoms with Crippen LogP contribution in [-0.2, 0) is 6.42 Å². The summed E-state index contributed by atoms with van der Waals surface area (Å²) < 4.78 is 1.30. The van der Waals surface area contributed by atoms with Crippen molar-refractivity contribution in [3.63, 3.8) is 0 Å². The molecule has 2 fully saturated rings. The Kier molecular flexibility index (Phi) is 8.25. The molecule has 5 rings (SSSR count). The Morgan fingerprint density at radius 1 is 1.03 bits per heavy atom. The molecule has 1 unspecified atom stereocenters. The van der Waals surface area contributed by atoms with Gasteiger partial charge in [0.1, 0.15) is 0 Å². The average Bonchev–Trinajstić information content (AvgIpc) is 3.18. The Labute approximate surface area is 202 Å². The van der Waals surface area contributed by atoms with Crippen molar-refractivity contribution in [1.29, 1.82) is 0 Å². The van der Waals surface area contributed by atoms with E-state index in [0.29, 0.717) is 11.5 Å². The second-order valence-electron chi connectivity index (χ2n) is 8.93. The fourth-order valence-corrected chi connectivity index (χ4v) is 6.71. The van der Waals surface area contributed by atoms with Crippen LogP contribution in [0.5, 0.6) is 0 Å². The minimum Gasteiger partial charge on any atom is -0.348 e. The maximum atomic E-state index is 4.89. The minimum absolute atomic E-state index is 0. The van der Waals surface area contributed by atoms with E-state index in [0.717, 1.165) is 24.5 Å². The lowest BCUT2D eigenvalue weighted by molar-refractivity contribution is 0.0387. The number of thiazole rings is 1. The van der Waals surface area contributed by atoms with Gasteiger partial charge in [-0.1, -0.05) is 60.2 Å². The molecular weight excluding hydrogens is 445 g/mol. The number of halogens is 2. The number of hydrogen-bond acceptors (Lipinski definition) is 4.